The Balaban J connectivity index is 1.66. The molecule has 0 radical (unpaired) electrons. The summed E-state index contributed by atoms with van der Waals surface area (Å²) in [6.07, 6.45) is 1.38. The summed E-state index contributed by atoms with van der Waals surface area (Å²) >= 11 is 6.10. The van der Waals surface area contributed by atoms with E-state index < -0.39 is 5.60 Å². The Morgan fingerprint density at radius 3 is 2.92 bits per heavy atom. The normalized spacial score (nSPS) is 35.0. The van der Waals surface area contributed by atoms with Crippen LogP contribution in [0, 0.1) is 18.8 Å². The number of nitrogens with zero attached hydrogens (tertiary/aromatic N) is 1. The number of hydrogen-bond donors (Lipinski definition) is 1. The fourth-order valence-corrected chi connectivity index (χ4v) is 4.75. The second kappa shape index (κ2) is 6.54. The van der Waals surface area contributed by atoms with Gasteiger partial charge in [0.15, 0.2) is 0 Å². The quantitative estimate of drug-likeness (QED) is 0.829. The number of benzene rings is 1. The van der Waals surface area contributed by atoms with Crippen LogP contribution in [0.1, 0.15) is 28.8 Å². The van der Waals surface area contributed by atoms with Crippen molar-refractivity contribution in [3.63, 3.8) is 0 Å². The molecule has 3 heterocycles. The lowest BCUT2D eigenvalue weighted by atomic mass is 9.66. The van der Waals surface area contributed by atoms with Crippen LogP contribution in [-0.4, -0.2) is 60.5 Å². The van der Waals surface area contributed by atoms with Crippen LogP contribution in [0.3, 0.4) is 0 Å². The van der Waals surface area contributed by atoms with Crippen LogP contribution in [0.5, 0.6) is 0 Å². The van der Waals surface area contributed by atoms with E-state index in [2.05, 4.69) is 0 Å². The van der Waals surface area contributed by atoms with Gasteiger partial charge in [-0.2, -0.15) is 0 Å². The number of likely N-dealkylation sites (tertiary alicyclic amines) is 1. The number of aryl methyl sites for hydroxylation is 1. The Bertz CT molecular complexity index is 681. The predicted octanol–water partition coefficient (Wildman–Crippen LogP) is 2.28. The van der Waals surface area contributed by atoms with Crippen molar-refractivity contribution in [2.24, 2.45) is 11.8 Å². The summed E-state index contributed by atoms with van der Waals surface area (Å²) in [5.74, 6) is -0.118. The van der Waals surface area contributed by atoms with Crippen molar-refractivity contribution in [3.05, 3.63) is 34.3 Å². The average molecular weight is 366 g/mol. The van der Waals surface area contributed by atoms with Crippen LogP contribution >= 0.6 is 11.6 Å². The van der Waals surface area contributed by atoms with Crippen LogP contribution in [0.2, 0.25) is 5.02 Å². The van der Waals surface area contributed by atoms with E-state index in [4.69, 9.17) is 21.1 Å². The molecule has 0 aromatic heterocycles. The molecule has 3 aliphatic rings. The van der Waals surface area contributed by atoms with Crippen LogP contribution in [-0.2, 0) is 9.47 Å². The molecule has 5 nitrogen and oxygen atoms in total. The van der Waals surface area contributed by atoms with Crippen molar-refractivity contribution < 1.29 is 19.4 Å². The fraction of sp³-hybridized carbons (Fsp3) is 0.632. The van der Waals surface area contributed by atoms with Crippen molar-refractivity contribution >= 4 is 17.5 Å². The summed E-state index contributed by atoms with van der Waals surface area (Å²) in [5.41, 5.74) is 0.746. The van der Waals surface area contributed by atoms with Gasteiger partial charge < -0.3 is 19.5 Å². The molecule has 25 heavy (non-hydrogen) atoms. The third-order valence-corrected chi connectivity index (χ3v) is 6.54. The van der Waals surface area contributed by atoms with Crippen molar-refractivity contribution in [2.75, 3.05) is 33.0 Å². The molecule has 0 bridgehead atoms. The lowest BCUT2D eigenvalue weighted by Gasteiger charge is -2.57. The van der Waals surface area contributed by atoms with Crippen molar-refractivity contribution in [2.45, 2.75) is 31.4 Å². The second-order valence-corrected chi connectivity index (χ2v) is 7.88. The Hall–Kier alpha value is -1.14. The van der Waals surface area contributed by atoms with E-state index in [1.54, 1.807) is 12.1 Å². The molecule has 0 saturated carbocycles. The fourth-order valence-electron chi connectivity index (χ4n) is 4.64. The van der Waals surface area contributed by atoms with Gasteiger partial charge in [0.05, 0.1) is 18.8 Å². The lowest BCUT2D eigenvalue weighted by molar-refractivity contribution is -0.212. The molecule has 1 aromatic carbocycles. The zero-order valence-electron chi connectivity index (χ0n) is 14.4. The Morgan fingerprint density at radius 1 is 1.32 bits per heavy atom. The third kappa shape index (κ3) is 2.87. The molecule has 0 aliphatic carbocycles. The first-order chi connectivity index (χ1) is 12.0. The maximum absolute atomic E-state index is 13.2. The SMILES string of the molecule is Cc1cc(C(=O)N2C[C@H]3COCC[C@@]3(O)[C@@H]3COCC[C@@H]32)ccc1Cl. The summed E-state index contributed by atoms with van der Waals surface area (Å²) in [7, 11) is 0. The molecule has 0 spiro atoms. The van der Waals surface area contributed by atoms with Crippen LogP contribution in [0.4, 0.5) is 0 Å². The summed E-state index contributed by atoms with van der Waals surface area (Å²) in [6.45, 7) is 4.62. The van der Waals surface area contributed by atoms with E-state index in [0.29, 0.717) is 50.0 Å². The highest BCUT2D eigenvalue weighted by molar-refractivity contribution is 6.31. The lowest BCUT2D eigenvalue weighted by Crippen LogP contribution is -2.68. The molecule has 3 aliphatic heterocycles. The van der Waals surface area contributed by atoms with Gasteiger partial charge in [-0.1, -0.05) is 11.6 Å². The number of amides is 1. The number of carbonyl (C=O) groups is 1. The van der Waals surface area contributed by atoms with Gasteiger partial charge >= 0.3 is 0 Å². The molecule has 1 N–H and O–H groups in total. The maximum Gasteiger partial charge on any atom is 0.254 e. The first kappa shape index (κ1) is 17.3. The highest BCUT2D eigenvalue weighted by Crippen LogP contribution is 2.44. The highest BCUT2D eigenvalue weighted by atomic mass is 35.5. The molecule has 1 aromatic rings. The van der Waals surface area contributed by atoms with E-state index in [1.807, 2.05) is 17.9 Å². The van der Waals surface area contributed by atoms with E-state index in [1.165, 1.54) is 0 Å². The molecule has 1 amide bonds. The van der Waals surface area contributed by atoms with E-state index in [-0.39, 0.29) is 23.8 Å². The van der Waals surface area contributed by atoms with E-state index in [9.17, 15) is 9.90 Å². The summed E-state index contributed by atoms with van der Waals surface area (Å²) in [4.78, 5) is 15.2. The van der Waals surface area contributed by atoms with Crippen LogP contribution in [0.25, 0.3) is 0 Å². The van der Waals surface area contributed by atoms with Gasteiger partial charge in [-0.05, 0) is 37.1 Å². The summed E-state index contributed by atoms with van der Waals surface area (Å²) in [6, 6.07) is 5.41. The van der Waals surface area contributed by atoms with Crippen molar-refractivity contribution in [3.8, 4) is 0 Å². The number of ether oxygens (including phenoxy) is 2. The summed E-state index contributed by atoms with van der Waals surface area (Å²) in [5, 5.41) is 12.0. The summed E-state index contributed by atoms with van der Waals surface area (Å²) < 4.78 is 11.3. The van der Waals surface area contributed by atoms with Gasteiger partial charge in [-0.15, -0.1) is 0 Å². The Labute approximate surface area is 152 Å². The van der Waals surface area contributed by atoms with E-state index >= 15 is 0 Å². The number of halogens is 1. The van der Waals surface area contributed by atoms with Crippen molar-refractivity contribution in [1.82, 2.24) is 4.90 Å². The second-order valence-electron chi connectivity index (χ2n) is 7.47. The highest BCUT2D eigenvalue weighted by Gasteiger charge is 2.56. The third-order valence-electron chi connectivity index (χ3n) is 6.12. The van der Waals surface area contributed by atoms with Crippen LogP contribution in [0.15, 0.2) is 18.2 Å². The first-order valence-electron chi connectivity index (χ1n) is 8.95. The largest absolute Gasteiger partial charge is 0.389 e. The molecule has 136 valence electrons. The average Bonchev–Trinajstić information content (AvgIpc) is 2.63. The van der Waals surface area contributed by atoms with E-state index in [0.717, 1.165) is 12.0 Å². The first-order valence-corrected chi connectivity index (χ1v) is 9.33. The molecule has 6 heteroatoms. The number of rotatable bonds is 1. The molecule has 4 rings (SSSR count). The van der Waals surface area contributed by atoms with Gasteiger partial charge in [0.1, 0.15) is 0 Å². The zero-order valence-corrected chi connectivity index (χ0v) is 15.2. The molecule has 4 atom stereocenters. The maximum atomic E-state index is 13.2. The Morgan fingerprint density at radius 2 is 2.12 bits per heavy atom. The monoisotopic (exact) mass is 365 g/mol. The standard InChI is InChI=1S/C19H24ClNO4/c1-12-8-13(2-3-16(12)20)18(22)21-9-14-10-25-7-5-19(14,23)15-11-24-6-4-17(15)21/h2-3,8,14-15,17,23H,4-7,9-11H2,1H3/t14-,15+,17-,19-/m0/s1. The van der Waals surface area contributed by atoms with Gasteiger partial charge in [0.25, 0.3) is 5.91 Å². The minimum Gasteiger partial charge on any atom is -0.389 e. The number of carbonyl (C=O) groups excluding carboxylic acids is 1. The molecular formula is C19H24ClNO4. The van der Waals surface area contributed by atoms with Gasteiger partial charge in [-0.25, -0.2) is 0 Å². The number of piperidine rings is 1. The number of hydrogen-bond acceptors (Lipinski definition) is 4. The topological polar surface area (TPSA) is 59.0 Å². The predicted molar refractivity (Wildman–Crippen MR) is 93.8 cm³/mol. The van der Waals surface area contributed by atoms with Gasteiger partial charge in [0.2, 0.25) is 0 Å². The number of fused-ring (bicyclic) bond motifs is 3. The minimum atomic E-state index is -0.796. The smallest absolute Gasteiger partial charge is 0.254 e. The van der Waals surface area contributed by atoms with Crippen LogP contribution < -0.4 is 0 Å². The molecule has 3 saturated heterocycles. The molecule has 0 unspecified atom stereocenters. The molecular weight excluding hydrogens is 342 g/mol. The van der Waals surface area contributed by atoms with Crippen molar-refractivity contribution in [1.29, 1.82) is 0 Å². The zero-order chi connectivity index (χ0) is 17.6. The van der Waals surface area contributed by atoms with Gasteiger partial charge in [0, 0.05) is 54.6 Å². The number of aliphatic hydroxyl groups is 1. The minimum absolute atomic E-state index is 0.00397. The van der Waals surface area contributed by atoms with Gasteiger partial charge in [-0.3, -0.25) is 4.79 Å². The Kier molecular flexibility index (Phi) is 4.52. The molecule has 3 fully saturated rings.